The molecule has 0 saturated heterocycles. The van der Waals surface area contributed by atoms with Crippen molar-refractivity contribution in [2.75, 3.05) is 18.9 Å². The van der Waals surface area contributed by atoms with Gasteiger partial charge in [-0.2, -0.15) is 0 Å². The number of benzene rings is 1. The first-order valence-electron chi connectivity index (χ1n) is 4.57. The van der Waals surface area contributed by atoms with Gasteiger partial charge >= 0.3 is 0 Å². The third kappa shape index (κ3) is 2.81. The number of hydrogen-bond acceptors (Lipinski definition) is 4. The molecule has 14 heavy (non-hydrogen) atoms. The Hall–Kier alpha value is -1.42. The standard InChI is InChI=1S/C10H14N2O2/c1-2-14-6-5-8-7-9(11)3-4-10(8)12-13/h3-4,7H,2,5-6,11H2,1H3. The van der Waals surface area contributed by atoms with Gasteiger partial charge in [0.15, 0.2) is 0 Å². The summed E-state index contributed by atoms with van der Waals surface area (Å²) < 4.78 is 5.19. The van der Waals surface area contributed by atoms with Gasteiger partial charge in [0.05, 0.1) is 6.61 Å². The highest BCUT2D eigenvalue weighted by Gasteiger charge is 2.02. The zero-order chi connectivity index (χ0) is 10.4. The second-order valence-corrected chi connectivity index (χ2v) is 2.93. The van der Waals surface area contributed by atoms with Crippen molar-refractivity contribution in [3.05, 3.63) is 28.7 Å². The monoisotopic (exact) mass is 194 g/mol. The van der Waals surface area contributed by atoms with Gasteiger partial charge in [-0.1, -0.05) is 0 Å². The summed E-state index contributed by atoms with van der Waals surface area (Å²) in [6, 6.07) is 5.06. The van der Waals surface area contributed by atoms with E-state index in [0.29, 0.717) is 31.0 Å². The molecule has 1 rings (SSSR count). The van der Waals surface area contributed by atoms with E-state index in [2.05, 4.69) is 5.18 Å². The number of nitrogens with zero attached hydrogens (tertiary/aromatic N) is 1. The lowest BCUT2D eigenvalue weighted by atomic mass is 10.1. The Kier molecular flexibility index (Phi) is 4.07. The van der Waals surface area contributed by atoms with E-state index in [-0.39, 0.29) is 0 Å². The average Bonchev–Trinajstić information content (AvgIpc) is 2.19. The number of rotatable bonds is 5. The van der Waals surface area contributed by atoms with E-state index in [1.54, 1.807) is 18.2 Å². The smallest absolute Gasteiger partial charge is 0.111 e. The van der Waals surface area contributed by atoms with Crippen LogP contribution in [0.5, 0.6) is 0 Å². The summed E-state index contributed by atoms with van der Waals surface area (Å²) in [7, 11) is 0. The van der Waals surface area contributed by atoms with Crippen molar-refractivity contribution in [2.24, 2.45) is 5.18 Å². The second kappa shape index (κ2) is 5.34. The first kappa shape index (κ1) is 10.7. The van der Waals surface area contributed by atoms with E-state index in [1.165, 1.54) is 0 Å². The van der Waals surface area contributed by atoms with Crippen LogP contribution in [0.3, 0.4) is 0 Å². The van der Waals surface area contributed by atoms with Gasteiger partial charge in [-0.15, -0.1) is 4.91 Å². The highest BCUT2D eigenvalue weighted by molar-refractivity contribution is 5.54. The second-order valence-electron chi connectivity index (χ2n) is 2.93. The van der Waals surface area contributed by atoms with E-state index in [1.807, 2.05) is 6.92 Å². The molecule has 0 radical (unpaired) electrons. The Morgan fingerprint density at radius 2 is 2.29 bits per heavy atom. The van der Waals surface area contributed by atoms with E-state index >= 15 is 0 Å². The van der Waals surface area contributed by atoms with Crippen molar-refractivity contribution >= 4 is 11.4 Å². The summed E-state index contributed by atoms with van der Waals surface area (Å²) in [6.07, 6.45) is 0.667. The minimum Gasteiger partial charge on any atom is -0.399 e. The Labute approximate surface area is 83.0 Å². The highest BCUT2D eigenvalue weighted by atomic mass is 16.5. The van der Waals surface area contributed by atoms with Gasteiger partial charge in [0.25, 0.3) is 0 Å². The summed E-state index contributed by atoms with van der Waals surface area (Å²) in [5.74, 6) is 0. The van der Waals surface area contributed by atoms with Crippen molar-refractivity contribution in [3.8, 4) is 0 Å². The zero-order valence-electron chi connectivity index (χ0n) is 8.19. The molecule has 4 nitrogen and oxygen atoms in total. The molecule has 0 unspecified atom stereocenters. The van der Waals surface area contributed by atoms with Crippen LogP contribution in [0.1, 0.15) is 12.5 Å². The average molecular weight is 194 g/mol. The Balaban J connectivity index is 2.72. The van der Waals surface area contributed by atoms with E-state index in [4.69, 9.17) is 10.5 Å². The Morgan fingerprint density at radius 3 is 2.93 bits per heavy atom. The SMILES string of the molecule is CCOCCc1cc(N)ccc1N=O. The van der Waals surface area contributed by atoms with Gasteiger partial charge < -0.3 is 10.5 Å². The van der Waals surface area contributed by atoms with Crippen LogP contribution in [-0.2, 0) is 11.2 Å². The van der Waals surface area contributed by atoms with Gasteiger partial charge in [-0.3, -0.25) is 0 Å². The molecule has 4 heteroatoms. The molecular formula is C10H14N2O2. The third-order valence-corrected chi connectivity index (χ3v) is 1.92. The Morgan fingerprint density at radius 1 is 1.50 bits per heavy atom. The minimum absolute atomic E-state index is 0.443. The maximum Gasteiger partial charge on any atom is 0.111 e. The molecular weight excluding hydrogens is 180 g/mol. The van der Waals surface area contributed by atoms with Crippen molar-refractivity contribution < 1.29 is 4.74 Å². The van der Waals surface area contributed by atoms with Crippen LogP contribution in [0, 0.1) is 4.91 Å². The molecule has 0 aliphatic rings. The number of ether oxygens (including phenoxy) is 1. The number of anilines is 1. The van der Waals surface area contributed by atoms with Gasteiger partial charge in [-0.05, 0) is 42.3 Å². The van der Waals surface area contributed by atoms with Gasteiger partial charge in [0, 0.05) is 12.3 Å². The number of nitrogen functional groups attached to an aromatic ring is 1. The van der Waals surface area contributed by atoms with Crippen LogP contribution in [0.25, 0.3) is 0 Å². The highest BCUT2D eigenvalue weighted by Crippen LogP contribution is 2.21. The minimum atomic E-state index is 0.443. The summed E-state index contributed by atoms with van der Waals surface area (Å²) >= 11 is 0. The number of nitrogens with two attached hydrogens (primary N) is 1. The molecule has 0 saturated carbocycles. The van der Waals surface area contributed by atoms with Crippen LogP contribution in [-0.4, -0.2) is 13.2 Å². The molecule has 0 atom stereocenters. The van der Waals surface area contributed by atoms with Crippen LogP contribution in [0.15, 0.2) is 23.4 Å². The molecule has 0 amide bonds. The van der Waals surface area contributed by atoms with Crippen LogP contribution in [0.2, 0.25) is 0 Å². The first-order valence-corrected chi connectivity index (χ1v) is 4.57. The van der Waals surface area contributed by atoms with Crippen molar-refractivity contribution in [1.29, 1.82) is 0 Å². The molecule has 0 bridgehead atoms. The number of hydrogen-bond donors (Lipinski definition) is 1. The molecule has 76 valence electrons. The van der Waals surface area contributed by atoms with Gasteiger partial charge in [-0.25, -0.2) is 0 Å². The van der Waals surface area contributed by atoms with Gasteiger partial charge in [0.1, 0.15) is 5.69 Å². The molecule has 0 heterocycles. The topological polar surface area (TPSA) is 64.7 Å². The predicted molar refractivity (Wildman–Crippen MR) is 56.5 cm³/mol. The molecule has 0 spiro atoms. The fraction of sp³-hybridized carbons (Fsp3) is 0.400. The third-order valence-electron chi connectivity index (χ3n) is 1.92. The van der Waals surface area contributed by atoms with Gasteiger partial charge in [0.2, 0.25) is 0 Å². The van der Waals surface area contributed by atoms with E-state index in [0.717, 1.165) is 5.56 Å². The lowest BCUT2D eigenvalue weighted by Crippen LogP contribution is -1.99. The molecule has 0 aliphatic heterocycles. The summed E-state index contributed by atoms with van der Waals surface area (Å²) in [6.45, 7) is 3.19. The van der Waals surface area contributed by atoms with Crippen molar-refractivity contribution in [3.63, 3.8) is 0 Å². The Bertz CT molecular complexity index is 313. The lowest BCUT2D eigenvalue weighted by molar-refractivity contribution is 0.151. The van der Waals surface area contributed by atoms with Crippen LogP contribution >= 0.6 is 0 Å². The summed E-state index contributed by atoms with van der Waals surface area (Å²) in [4.78, 5) is 10.4. The molecule has 1 aromatic carbocycles. The quantitative estimate of drug-likeness (QED) is 0.444. The van der Waals surface area contributed by atoms with Crippen LogP contribution < -0.4 is 5.73 Å². The fourth-order valence-electron chi connectivity index (χ4n) is 1.22. The first-order chi connectivity index (χ1) is 6.77. The predicted octanol–water partition coefficient (Wildman–Crippen LogP) is 2.25. The molecule has 0 fully saturated rings. The maximum absolute atomic E-state index is 10.4. The molecule has 0 aliphatic carbocycles. The van der Waals surface area contributed by atoms with E-state index in [9.17, 15) is 4.91 Å². The van der Waals surface area contributed by atoms with E-state index < -0.39 is 0 Å². The van der Waals surface area contributed by atoms with Crippen molar-refractivity contribution in [1.82, 2.24) is 0 Å². The fourth-order valence-corrected chi connectivity index (χ4v) is 1.22. The summed E-state index contributed by atoms with van der Waals surface area (Å²) in [5.41, 5.74) is 7.53. The maximum atomic E-state index is 10.4. The molecule has 2 N–H and O–H groups in total. The summed E-state index contributed by atoms with van der Waals surface area (Å²) in [5, 5.41) is 2.93. The number of nitroso groups, excluding NO2 is 1. The molecule has 1 aromatic rings. The molecule has 0 aromatic heterocycles. The lowest BCUT2D eigenvalue weighted by Gasteiger charge is -2.04. The normalized spacial score (nSPS) is 10.1. The van der Waals surface area contributed by atoms with Crippen LogP contribution in [0.4, 0.5) is 11.4 Å². The zero-order valence-corrected chi connectivity index (χ0v) is 8.19. The van der Waals surface area contributed by atoms with Crippen molar-refractivity contribution in [2.45, 2.75) is 13.3 Å². The largest absolute Gasteiger partial charge is 0.399 e.